The van der Waals surface area contributed by atoms with Crippen LogP contribution in [0.3, 0.4) is 0 Å². The Bertz CT molecular complexity index is 663. The molecule has 6 heteroatoms. The van der Waals surface area contributed by atoms with Gasteiger partial charge in [-0.25, -0.2) is 4.79 Å². The zero-order chi connectivity index (χ0) is 16.8. The second-order valence-electron chi connectivity index (χ2n) is 8.15. The smallest absolute Gasteiger partial charge is 0.356 e. The molecule has 0 amide bonds. The van der Waals surface area contributed by atoms with E-state index in [2.05, 4.69) is 30.7 Å². The number of carbonyl (C=O) groups excluding carboxylic acids is 1. The lowest BCUT2D eigenvalue weighted by Crippen LogP contribution is -2.34. The fourth-order valence-corrected chi connectivity index (χ4v) is 5.63. The van der Waals surface area contributed by atoms with Crippen molar-refractivity contribution in [1.29, 1.82) is 0 Å². The summed E-state index contributed by atoms with van der Waals surface area (Å²) in [6.45, 7) is 10.8. The van der Waals surface area contributed by atoms with E-state index in [1.54, 1.807) is 6.92 Å². The molecule has 2 heterocycles. The monoisotopic (exact) mass is 338 g/mol. The number of nitrogens with zero attached hydrogens (tertiary/aromatic N) is 1. The number of likely N-dealkylation sites (tertiary alicyclic amines) is 1. The number of thiazole rings is 1. The second-order valence-corrected chi connectivity index (χ2v) is 9.22. The van der Waals surface area contributed by atoms with Crippen LogP contribution in [-0.2, 0) is 11.3 Å². The minimum Gasteiger partial charge on any atom is -0.461 e. The van der Waals surface area contributed by atoms with E-state index < -0.39 is 5.97 Å². The minimum absolute atomic E-state index is 0.184. The van der Waals surface area contributed by atoms with Gasteiger partial charge in [-0.2, -0.15) is 0 Å². The molecule has 1 aromatic rings. The van der Waals surface area contributed by atoms with E-state index in [1.165, 1.54) is 19.3 Å². The van der Waals surface area contributed by atoms with Crippen LogP contribution in [0.1, 0.15) is 62.3 Å². The molecule has 0 radical (unpaired) electrons. The molecule has 2 atom stereocenters. The van der Waals surface area contributed by atoms with Gasteiger partial charge in [0.15, 0.2) is 0 Å². The van der Waals surface area contributed by atoms with E-state index in [0.717, 1.165) is 22.8 Å². The summed E-state index contributed by atoms with van der Waals surface area (Å²) in [6.07, 6.45) is 3.63. The number of aromatic nitrogens is 1. The first-order valence-electron chi connectivity index (χ1n) is 8.34. The third kappa shape index (κ3) is 3.38. The maximum atomic E-state index is 12.0. The summed E-state index contributed by atoms with van der Waals surface area (Å²) in [7, 11) is 0. The fraction of sp³-hybridized carbons (Fsp3) is 0.765. The highest BCUT2D eigenvalue weighted by atomic mass is 32.1. The predicted octanol–water partition coefficient (Wildman–Crippen LogP) is 3.01. The standard InChI is InChI=1S/C17H26N2O3S/c1-5-22-14(20)13-12(23-15(21)18-13)8-19-10-17(4)7-11(19)6-16(2,3)9-17/h11H,5-10H2,1-4H3,(H,18,21). The number of ether oxygens (including phenoxy) is 1. The van der Waals surface area contributed by atoms with E-state index in [-0.39, 0.29) is 4.87 Å². The number of rotatable bonds is 4. The average Bonchev–Trinajstić information content (AvgIpc) is 2.87. The molecular weight excluding hydrogens is 312 g/mol. The van der Waals surface area contributed by atoms with Crippen molar-refractivity contribution < 1.29 is 9.53 Å². The molecule has 1 N–H and O–H groups in total. The van der Waals surface area contributed by atoms with Gasteiger partial charge in [0.2, 0.25) is 0 Å². The van der Waals surface area contributed by atoms with Crippen LogP contribution in [0.5, 0.6) is 0 Å². The summed E-state index contributed by atoms with van der Waals surface area (Å²) in [5, 5.41) is 0. The molecule has 1 saturated carbocycles. The Morgan fingerprint density at radius 2 is 2.13 bits per heavy atom. The molecule has 128 valence electrons. The van der Waals surface area contributed by atoms with Gasteiger partial charge in [0.25, 0.3) is 0 Å². The van der Waals surface area contributed by atoms with Crippen molar-refractivity contribution in [2.24, 2.45) is 10.8 Å². The number of esters is 1. The summed E-state index contributed by atoms with van der Waals surface area (Å²) < 4.78 is 5.07. The van der Waals surface area contributed by atoms with Crippen molar-refractivity contribution in [3.63, 3.8) is 0 Å². The Balaban J connectivity index is 1.81. The Morgan fingerprint density at radius 1 is 1.39 bits per heavy atom. The zero-order valence-corrected chi connectivity index (χ0v) is 15.2. The van der Waals surface area contributed by atoms with Gasteiger partial charge in [-0.05, 0) is 37.0 Å². The number of carbonyl (C=O) groups is 1. The zero-order valence-electron chi connectivity index (χ0n) is 14.4. The molecule has 2 aliphatic rings. The Kier molecular flexibility index (Phi) is 4.17. The van der Waals surface area contributed by atoms with E-state index in [0.29, 0.717) is 35.7 Å². The maximum absolute atomic E-state index is 12.0. The number of hydrogen-bond donors (Lipinski definition) is 1. The van der Waals surface area contributed by atoms with Crippen LogP contribution >= 0.6 is 11.3 Å². The van der Waals surface area contributed by atoms with E-state index in [9.17, 15) is 9.59 Å². The van der Waals surface area contributed by atoms with E-state index in [4.69, 9.17) is 4.74 Å². The van der Waals surface area contributed by atoms with Crippen LogP contribution in [0.4, 0.5) is 0 Å². The molecule has 5 nitrogen and oxygen atoms in total. The lowest BCUT2D eigenvalue weighted by Gasteiger charge is -2.39. The Hall–Kier alpha value is -1.14. The third-order valence-electron chi connectivity index (χ3n) is 5.07. The van der Waals surface area contributed by atoms with Gasteiger partial charge in [0.05, 0.1) is 11.5 Å². The molecule has 2 fully saturated rings. The van der Waals surface area contributed by atoms with Crippen molar-refractivity contribution in [1.82, 2.24) is 9.88 Å². The first-order chi connectivity index (χ1) is 10.7. The maximum Gasteiger partial charge on any atom is 0.356 e. The molecule has 1 saturated heterocycles. The fourth-order valence-electron chi connectivity index (χ4n) is 4.79. The molecule has 2 bridgehead atoms. The Labute approximate surface area is 141 Å². The molecular formula is C17H26N2O3S. The summed E-state index contributed by atoms with van der Waals surface area (Å²) in [5.74, 6) is -0.422. The highest BCUT2D eigenvalue weighted by Crippen LogP contribution is 2.52. The summed E-state index contributed by atoms with van der Waals surface area (Å²) in [4.78, 5) is 29.5. The predicted molar refractivity (Wildman–Crippen MR) is 90.8 cm³/mol. The number of nitrogens with one attached hydrogen (secondary N) is 1. The highest BCUT2D eigenvalue weighted by Gasteiger charge is 2.49. The van der Waals surface area contributed by atoms with Gasteiger partial charge < -0.3 is 9.72 Å². The molecule has 1 aliphatic heterocycles. The topological polar surface area (TPSA) is 62.4 Å². The molecule has 0 spiro atoms. The van der Waals surface area contributed by atoms with Crippen LogP contribution in [0.2, 0.25) is 0 Å². The van der Waals surface area contributed by atoms with Crippen molar-refractivity contribution in [2.75, 3.05) is 13.2 Å². The molecule has 1 aromatic heterocycles. The average molecular weight is 338 g/mol. The first-order valence-corrected chi connectivity index (χ1v) is 9.16. The van der Waals surface area contributed by atoms with Crippen LogP contribution in [0.15, 0.2) is 4.79 Å². The quantitative estimate of drug-likeness (QED) is 0.857. The lowest BCUT2D eigenvalue weighted by molar-refractivity contribution is 0.0517. The molecule has 23 heavy (non-hydrogen) atoms. The first kappa shape index (κ1) is 16.7. The van der Waals surface area contributed by atoms with Gasteiger partial charge in [-0.3, -0.25) is 9.69 Å². The van der Waals surface area contributed by atoms with Crippen molar-refractivity contribution in [2.45, 2.75) is 59.5 Å². The third-order valence-corrected chi connectivity index (χ3v) is 5.94. The largest absolute Gasteiger partial charge is 0.461 e. The molecule has 0 aromatic carbocycles. The lowest BCUT2D eigenvalue weighted by atomic mass is 9.65. The highest BCUT2D eigenvalue weighted by molar-refractivity contribution is 7.09. The number of aromatic amines is 1. The van der Waals surface area contributed by atoms with E-state index in [1.807, 2.05) is 0 Å². The van der Waals surface area contributed by atoms with Crippen molar-refractivity contribution in [3.05, 3.63) is 20.2 Å². The van der Waals surface area contributed by atoms with Gasteiger partial charge in [0, 0.05) is 19.1 Å². The van der Waals surface area contributed by atoms with Gasteiger partial charge in [0.1, 0.15) is 5.69 Å². The van der Waals surface area contributed by atoms with Crippen molar-refractivity contribution in [3.8, 4) is 0 Å². The summed E-state index contributed by atoms with van der Waals surface area (Å²) in [5.41, 5.74) is 1.05. The van der Waals surface area contributed by atoms with Crippen LogP contribution in [0.25, 0.3) is 0 Å². The van der Waals surface area contributed by atoms with Gasteiger partial charge in [-0.1, -0.05) is 32.1 Å². The number of hydrogen-bond acceptors (Lipinski definition) is 5. The summed E-state index contributed by atoms with van der Waals surface area (Å²) in [6, 6.07) is 0.538. The normalized spacial score (nSPS) is 29.7. The molecule has 3 rings (SSSR count). The van der Waals surface area contributed by atoms with E-state index >= 15 is 0 Å². The molecule has 1 aliphatic carbocycles. The molecule has 2 unspecified atom stereocenters. The van der Waals surface area contributed by atoms with Crippen LogP contribution in [0, 0.1) is 10.8 Å². The second kappa shape index (κ2) is 5.74. The number of H-pyrrole nitrogens is 1. The summed E-state index contributed by atoms with van der Waals surface area (Å²) >= 11 is 1.13. The number of fused-ring (bicyclic) bond motifs is 2. The minimum atomic E-state index is -0.422. The SMILES string of the molecule is CCOC(=O)c1[nH]c(=O)sc1CN1CC2(C)CC1CC(C)(C)C2. The Morgan fingerprint density at radius 3 is 2.83 bits per heavy atom. The van der Waals surface area contributed by atoms with Crippen LogP contribution in [-0.4, -0.2) is 35.0 Å². The van der Waals surface area contributed by atoms with Crippen LogP contribution < -0.4 is 4.87 Å². The van der Waals surface area contributed by atoms with Gasteiger partial charge in [-0.15, -0.1) is 0 Å². The van der Waals surface area contributed by atoms with Crippen molar-refractivity contribution >= 4 is 17.3 Å². The van der Waals surface area contributed by atoms with Gasteiger partial charge >= 0.3 is 10.8 Å².